The summed E-state index contributed by atoms with van der Waals surface area (Å²) in [4.78, 5) is 14.0. The van der Waals surface area contributed by atoms with Crippen LogP contribution in [0.2, 0.25) is 0 Å². The quantitative estimate of drug-likeness (QED) is 0.424. The van der Waals surface area contributed by atoms with Gasteiger partial charge in [0.15, 0.2) is 0 Å². The molecule has 0 atom stereocenters. The molecule has 0 N–H and O–H groups in total. The minimum atomic E-state index is -3.74. The number of furan rings is 1. The van der Waals surface area contributed by atoms with E-state index in [0.717, 1.165) is 32.4 Å². The summed E-state index contributed by atoms with van der Waals surface area (Å²) in [6.07, 6.45) is 7.02. The third kappa shape index (κ3) is 5.68. The Morgan fingerprint density at radius 2 is 1.90 bits per heavy atom. The SMILES string of the molecule is CCOC(=O)c1ccc(S(=O)(=O)N2CCN(CCCCCn3cccn3)CC2)o1. The number of aromatic nitrogens is 2. The van der Waals surface area contributed by atoms with Crippen molar-refractivity contribution < 1.29 is 22.4 Å². The summed E-state index contributed by atoms with van der Waals surface area (Å²) in [6, 6.07) is 4.58. The molecule has 0 saturated carbocycles. The molecule has 160 valence electrons. The van der Waals surface area contributed by atoms with Crippen molar-refractivity contribution in [3.63, 3.8) is 0 Å². The molecule has 1 aliphatic heterocycles. The van der Waals surface area contributed by atoms with Gasteiger partial charge in [0.1, 0.15) is 0 Å². The maximum Gasteiger partial charge on any atom is 0.374 e. The van der Waals surface area contributed by atoms with Gasteiger partial charge in [0.05, 0.1) is 6.61 Å². The van der Waals surface area contributed by atoms with Crippen LogP contribution in [0.4, 0.5) is 0 Å². The molecule has 10 heteroatoms. The number of ether oxygens (including phenoxy) is 1. The topological polar surface area (TPSA) is 97.9 Å². The minimum absolute atomic E-state index is 0.0980. The van der Waals surface area contributed by atoms with E-state index in [1.54, 1.807) is 13.1 Å². The normalized spacial score (nSPS) is 16.2. The number of piperazine rings is 1. The number of hydrogen-bond acceptors (Lipinski definition) is 7. The van der Waals surface area contributed by atoms with Crippen molar-refractivity contribution in [3.05, 3.63) is 36.4 Å². The van der Waals surface area contributed by atoms with Crippen molar-refractivity contribution >= 4 is 16.0 Å². The van der Waals surface area contributed by atoms with E-state index in [4.69, 9.17) is 9.15 Å². The Kier molecular flexibility index (Phi) is 7.45. The van der Waals surface area contributed by atoms with Crippen molar-refractivity contribution in [1.29, 1.82) is 0 Å². The number of carbonyl (C=O) groups is 1. The Hall–Kier alpha value is -2.17. The fourth-order valence-electron chi connectivity index (χ4n) is 3.31. The predicted octanol–water partition coefficient (Wildman–Crippen LogP) is 1.83. The lowest BCUT2D eigenvalue weighted by atomic mass is 10.2. The zero-order valence-electron chi connectivity index (χ0n) is 16.7. The molecule has 0 aromatic carbocycles. The van der Waals surface area contributed by atoms with Crippen molar-refractivity contribution in [2.24, 2.45) is 0 Å². The molecule has 0 unspecified atom stereocenters. The molecule has 29 heavy (non-hydrogen) atoms. The highest BCUT2D eigenvalue weighted by Gasteiger charge is 2.31. The van der Waals surface area contributed by atoms with E-state index < -0.39 is 16.0 Å². The first kappa shape index (κ1) is 21.5. The summed E-state index contributed by atoms with van der Waals surface area (Å²) in [5.41, 5.74) is 0. The molecule has 0 aliphatic carbocycles. The number of esters is 1. The van der Waals surface area contributed by atoms with E-state index in [-0.39, 0.29) is 17.5 Å². The van der Waals surface area contributed by atoms with Gasteiger partial charge in [-0.15, -0.1) is 0 Å². The van der Waals surface area contributed by atoms with Crippen LogP contribution in [-0.4, -0.2) is 72.7 Å². The number of aryl methyl sites for hydroxylation is 1. The number of sulfonamides is 1. The van der Waals surface area contributed by atoms with Crippen LogP contribution in [0.15, 0.2) is 40.1 Å². The smallest absolute Gasteiger partial charge is 0.374 e. The Labute approximate surface area is 171 Å². The highest BCUT2D eigenvalue weighted by molar-refractivity contribution is 7.89. The van der Waals surface area contributed by atoms with Crippen LogP contribution in [0, 0.1) is 0 Å². The van der Waals surface area contributed by atoms with Gasteiger partial charge in [0, 0.05) is 45.1 Å². The van der Waals surface area contributed by atoms with E-state index in [0.29, 0.717) is 26.2 Å². The lowest BCUT2D eigenvalue weighted by molar-refractivity contribution is 0.0483. The van der Waals surface area contributed by atoms with Gasteiger partial charge in [-0.05, 0) is 44.5 Å². The molecule has 0 bridgehead atoms. The summed E-state index contributed by atoms with van der Waals surface area (Å²) < 4.78 is 38.9. The van der Waals surface area contributed by atoms with E-state index in [1.807, 2.05) is 16.9 Å². The van der Waals surface area contributed by atoms with E-state index in [2.05, 4.69) is 10.00 Å². The number of unbranched alkanes of at least 4 members (excludes halogenated alkanes) is 2. The second kappa shape index (κ2) is 10.0. The molecule has 1 saturated heterocycles. The van der Waals surface area contributed by atoms with Crippen LogP contribution in [0.1, 0.15) is 36.7 Å². The Morgan fingerprint density at radius 3 is 2.59 bits per heavy atom. The van der Waals surface area contributed by atoms with Gasteiger partial charge in [-0.3, -0.25) is 4.68 Å². The molecule has 9 nitrogen and oxygen atoms in total. The van der Waals surface area contributed by atoms with E-state index in [9.17, 15) is 13.2 Å². The summed E-state index contributed by atoms with van der Waals surface area (Å²) in [7, 11) is -3.74. The van der Waals surface area contributed by atoms with Crippen molar-refractivity contribution in [1.82, 2.24) is 19.0 Å². The zero-order valence-corrected chi connectivity index (χ0v) is 17.5. The molecule has 2 aromatic rings. The largest absolute Gasteiger partial charge is 0.460 e. The average molecular weight is 425 g/mol. The maximum atomic E-state index is 12.8. The molecule has 3 heterocycles. The average Bonchev–Trinajstić information content (AvgIpc) is 3.41. The summed E-state index contributed by atoms with van der Waals surface area (Å²) in [5.74, 6) is -0.759. The van der Waals surface area contributed by atoms with E-state index >= 15 is 0 Å². The van der Waals surface area contributed by atoms with Crippen LogP contribution < -0.4 is 0 Å². The maximum absolute atomic E-state index is 12.8. The monoisotopic (exact) mass is 424 g/mol. The lowest BCUT2D eigenvalue weighted by Gasteiger charge is -2.33. The standard InChI is InChI=1S/C19H28N4O5S/c1-2-27-19(24)17-7-8-18(28-17)29(25,26)23-15-13-21(14-16-23)10-4-3-5-11-22-12-6-9-20-22/h6-9,12H,2-5,10-11,13-16H2,1H3. The van der Waals surface area contributed by atoms with Crippen LogP contribution in [0.5, 0.6) is 0 Å². The highest BCUT2D eigenvalue weighted by Crippen LogP contribution is 2.21. The van der Waals surface area contributed by atoms with Crippen LogP contribution in [0.3, 0.4) is 0 Å². The van der Waals surface area contributed by atoms with Gasteiger partial charge < -0.3 is 14.1 Å². The van der Waals surface area contributed by atoms with Crippen molar-refractivity contribution in [2.45, 2.75) is 37.8 Å². The Morgan fingerprint density at radius 1 is 1.14 bits per heavy atom. The highest BCUT2D eigenvalue weighted by atomic mass is 32.2. The fraction of sp³-hybridized carbons (Fsp3) is 0.579. The minimum Gasteiger partial charge on any atom is -0.460 e. The molecule has 1 aliphatic rings. The van der Waals surface area contributed by atoms with Gasteiger partial charge in [-0.2, -0.15) is 9.40 Å². The molecule has 1 fully saturated rings. The van der Waals surface area contributed by atoms with E-state index in [1.165, 1.54) is 16.4 Å². The Bertz CT molecular complexity index is 870. The van der Waals surface area contributed by atoms with Gasteiger partial charge in [-0.1, -0.05) is 6.42 Å². The zero-order chi connectivity index (χ0) is 20.7. The fourth-order valence-corrected chi connectivity index (χ4v) is 4.64. The van der Waals surface area contributed by atoms with Crippen molar-refractivity contribution in [3.8, 4) is 0 Å². The molecule has 0 amide bonds. The Balaban J connectivity index is 1.41. The molecular weight excluding hydrogens is 396 g/mol. The van der Waals surface area contributed by atoms with Gasteiger partial charge in [0.25, 0.3) is 10.0 Å². The first-order chi connectivity index (χ1) is 14.0. The number of nitrogens with zero attached hydrogens (tertiary/aromatic N) is 4. The number of carbonyl (C=O) groups excluding carboxylic acids is 1. The second-order valence-electron chi connectivity index (χ2n) is 6.91. The van der Waals surface area contributed by atoms with Crippen LogP contribution in [0.25, 0.3) is 0 Å². The molecule has 2 aromatic heterocycles. The van der Waals surface area contributed by atoms with Crippen LogP contribution >= 0.6 is 0 Å². The molecule has 3 rings (SSSR count). The van der Waals surface area contributed by atoms with Gasteiger partial charge in [0.2, 0.25) is 10.9 Å². The summed E-state index contributed by atoms with van der Waals surface area (Å²) >= 11 is 0. The summed E-state index contributed by atoms with van der Waals surface area (Å²) in [5, 5.41) is 3.98. The van der Waals surface area contributed by atoms with Gasteiger partial charge >= 0.3 is 5.97 Å². The first-order valence-electron chi connectivity index (χ1n) is 9.97. The first-order valence-corrected chi connectivity index (χ1v) is 11.4. The molecular formula is C19H28N4O5S. The van der Waals surface area contributed by atoms with Crippen LogP contribution in [-0.2, 0) is 21.3 Å². The number of hydrogen-bond donors (Lipinski definition) is 0. The third-order valence-corrected chi connectivity index (χ3v) is 6.68. The van der Waals surface area contributed by atoms with Gasteiger partial charge in [-0.25, -0.2) is 13.2 Å². The summed E-state index contributed by atoms with van der Waals surface area (Å²) in [6.45, 7) is 5.95. The second-order valence-corrected chi connectivity index (χ2v) is 8.78. The van der Waals surface area contributed by atoms with Crippen molar-refractivity contribution in [2.75, 3.05) is 39.3 Å². The molecule has 0 radical (unpaired) electrons. The molecule has 0 spiro atoms. The number of rotatable bonds is 10. The third-order valence-electron chi connectivity index (χ3n) is 4.90. The predicted molar refractivity (Wildman–Crippen MR) is 106 cm³/mol. The lowest BCUT2D eigenvalue weighted by Crippen LogP contribution is -2.48.